The average molecular weight is 434 g/mol. The first kappa shape index (κ1) is 26.7. The standard InChI is InChI=1S/C17H31N5O6S/c1-9(2)14(22-13(24)8-18)16(26)20-10(6-7-29-3)15(25)21-11(17(27)28)4-5-12(19)23/h9-11,14H,4-8,18H2,1-3H3,(H2,19,23)(H,20,26)(H,21,25)(H,22,24)(H,27,28). The number of nitrogens with one attached hydrogen (secondary N) is 3. The van der Waals surface area contributed by atoms with Crippen LogP contribution >= 0.6 is 11.8 Å². The van der Waals surface area contributed by atoms with E-state index in [1.165, 1.54) is 11.8 Å². The minimum Gasteiger partial charge on any atom is -0.480 e. The van der Waals surface area contributed by atoms with Gasteiger partial charge in [-0.1, -0.05) is 13.8 Å². The lowest BCUT2D eigenvalue weighted by Gasteiger charge is -2.26. The Morgan fingerprint density at radius 2 is 1.55 bits per heavy atom. The lowest BCUT2D eigenvalue weighted by Crippen LogP contribution is -2.57. The third-order valence-electron chi connectivity index (χ3n) is 3.99. The van der Waals surface area contributed by atoms with E-state index in [1.807, 2.05) is 6.26 Å². The van der Waals surface area contributed by atoms with Crippen LogP contribution in [0.2, 0.25) is 0 Å². The Morgan fingerprint density at radius 3 is 2.00 bits per heavy atom. The minimum atomic E-state index is -1.32. The van der Waals surface area contributed by atoms with Crippen LogP contribution in [-0.2, 0) is 24.0 Å². The molecule has 12 heteroatoms. The number of amides is 4. The van der Waals surface area contributed by atoms with Crippen LogP contribution in [0.25, 0.3) is 0 Å². The second-order valence-corrected chi connectivity index (χ2v) is 7.73. The number of carboxylic acid groups (broad SMARTS) is 1. The number of carbonyl (C=O) groups is 5. The number of thioether (sulfide) groups is 1. The lowest BCUT2D eigenvalue weighted by molar-refractivity contribution is -0.142. The second-order valence-electron chi connectivity index (χ2n) is 6.74. The zero-order chi connectivity index (χ0) is 22.6. The van der Waals surface area contributed by atoms with Crippen molar-refractivity contribution in [2.75, 3.05) is 18.6 Å². The summed E-state index contributed by atoms with van der Waals surface area (Å²) in [6.07, 6.45) is 1.69. The fourth-order valence-electron chi connectivity index (χ4n) is 2.35. The van der Waals surface area contributed by atoms with Gasteiger partial charge in [-0.3, -0.25) is 19.2 Å². The van der Waals surface area contributed by atoms with Crippen LogP contribution in [0.5, 0.6) is 0 Å². The third-order valence-corrected chi connectivity index (χ3v) is 4.63. The van der Waals surface area contributed by atoms with Crippen molar-refractivity contribution in [3.63, 3.8) is 0 Å². The smallest absolute Gasteiger partial charge is 0.326 e. The number of rotatable bonds is 14. The SMILES string of the molecule is CSCCC(NC(=O)C(NC(=O)CN)C(C)C)C(=O)NC(CCC(N)=O)C(=O)O. The summed E-state index contributed by atoms with van der Waals surface area (Å²) in [5.74, 6) is -3.53. The fraction of sp³-hybridized carbons (Fsp3) is 0.706. The highest BCUT2D eigenvalue weighted by Crippen LogP contribution is 2.07. The van der Waals surface area contributed by atoms with Gasteiger partial charge in [0.05, 0.1) is 6.54 Å². The summed E-state index contributed by atoms with van der Waals surface area (Å²) in [7, 11) is 0. The summed E-state index contributed by atoms with van der Waals surface area (Å²) in [5.41, 5.74) is 10.3. The number of carboxylic acids is 1. The normalized spacial score (nSPS) is 13.8. The van der Waals surface area contributed by atoms with Gasteiger partial charge in [0.2, 0.25) is 23.6 Å². The fourth-order valence-corrected chi connectivity index (χ4v) is 2.82. The molecular weight excluding hydrogens is 402 g/mol. The van der Waals surface area contributed by atoms with E-state index in [4.69, 9.17) is 11.5 Å². The molecule has 0 aromatic carbocycles. The molecule has 4 amide bonds. The van der Waals surface area contributed by atoms with Gasteiger partial charge >= 0.3 is 5.97 Å². The molecule has 3 atom stereocenters. The maximum absolute atomic E-state index is 12.6. The van der Waals surface area contributed by atoms with Crippen molar-refractivity contribution in [3.8, 4) is 0 Å². The quantitative estimate of drug-likeness (QED) is 0.184. The largest absolute Gasteiger partial charge is 0.480 e. The molecule has 0 rings (SSSR count). The highest BCUT2D eigenvalue weighted by atomic mass is 32.2. The Morgan fingerprint density at radius 1 is 0.966 bits per heavy atom. The third kappa shape index (κ3) is 10.7. The molecule has 8 N–H and O–H groups in total. The van der Waals surface area contributed by atoms with Gasteiger partial charge in [0.25, 0.3) is 0 Å². The summed E-state index contributed by atoms with van der Waals surface area (Å²) in [5, 5.41) is 16.6. The van der Waals surface area contributed by atoms with E-state index < -0.39 is 47.7 Å². The molecule has 11 nitrogen and oxygen atoms in total. The number of hydrogen-bond acceptors (Lipinski definition) is 7. The summed E-state index contributed by atoms with van der Waals surface area (Å²) in [4.78, 5) is 59.0. The Hall–Kier alpha value is -2.34. The molecule has 0 saturated heterocycles. The van der Waals surface area contributed by atoms with E-state index in [1.54, 1.807) is 13.8 Å². The van der Waals surface area contributed by atoms with Crippen molar-refractivity contribution in [3.05, 3.63) is 0 Å². The lowest BCUT2D eigenvalue weighted by atomic mass is 10.0. The Kier molecular flexibility index (Phi) is 12.7. The molecule has 0 bridgehead atoms. The maximum Gasteiger partial charge on any atom is 0.326 e. The van der Waals surface area contributed by atoms with Crippen molar-refractivity contribution < 1.29 is 29.1 Å². The van der Waals surface area contributed by atoms with Crippen molar-refractivity contribution in [1.82, 2.24) is 16.0 Å². The Labute approximate surface area is 174 Å². The zero-order valence-corrected chi connectivity index (χ0v) is 17.7. The molecule has 0 saturated carbocycles. The number of aliphatic carboxylic acids is 1. The molecule has 3 unspecified atom stereocenters. The molecule has 0 radical (unpaired) electrons. The average Bonchev–Trinajstić information content (AvgIpc) is 2.64. The molecule has 0 aromatic rings. The van der Waals surface area contributed by atoms with Gasteiger partial charge in [-0.15, -0.1) is 0 Å². The van der Waals surface area contributed by atoms with Gasteiger partial charge in [-0.25, -0.2) is 4.79 Å². The van der Waals surface area contributed by atoms with E-state index in [0.717, 1.165) is 0 Å². The van der Waals surface area contributed by atoms with Crippen molar-refractivity contribution in [1.29, 1.82) is 0 Å². The Balaban J connectivity index is 5.26. The van der Waals surface area contributed by atoms with Crippen LogP contribution < -0.4 is 27.4 Å². The van der Waals surface area contributed by atoms with Gasteiger partial charge in [0.15, 0.2) is 0 Å². The number of hydrogen-bond donors (Lipinski definition) is 6. The first-order chi connectivity index (χ1) is 13.5. The van der Waals surface area contributed by atoms with Crippen LogP contribution in [0.4, 0.5) is 0 Å². The van der Waals surface area contributed by atoms with E-state index in [0.29, 0.717) is 5.75 Å². The number of carbonyl (C=O) groups excluding carboxylic acids is 4. The number of nitrogens with two attached hydrogens (primary N) is 2. The van der Waals surface area contributed by atoms with Crippen LogP contribution in [-0.4, -0.2) is 71.4 Å². The second kappa shape index (κ2) is 13.8. The van der Waals surface area contributed by atoms with Gasteiger partial charge in [-0.2, -0.15) is 11.8 Å². The minimum absolute atomic E-state index is 0.166. The predicted octanol–water partition coefficient (Wildman–Crippen LogP) is -1.84. The number of primary amides is 1. The summed E-state index contributed by atoms with van der Waals surface area (Å²) < 4.78 is 0. The molecular formula is C17H31N5O6S. The van der Waals surface area contributed by atoms with Gasteiger partial charge in [0.1, 0.15) is 18.1 Å². The predicted molar refractivity (Wildman–Crippen MR) is 109 cm³/mol. The monoisotopic (exact) mass is 433 g/mol. The first-order valence-corrected chi connectivity index (χ1v) is 10.5. The highest BCUT2D eigenvalue weighted by Gasteiger charge is 2.30. The van der Waals surface area contributed by atoms with Crippen molar-refractivity contribution in [2.24, 2.45) is 17.4 Å². The van der Waals surface area contributed by atoms with E-state index >= 15 is 0 Å². The highest BCUT2D eigenvalue weighted by molar-refractivity contribution is 7.98. The molecule has 0 heterocycles. The van der Waals surface area contributed by atoms with Crippen LogP contribution in [0.1, 0.15) is 33.1 Å². The van der Waals surface area contributed by atoms with Crippen LogP contribution in [0, 0.1) is 5.92 Å². The summed E-state index contributed by atoms with van der Waals surface area (Å²) >= 11 is 1.45. The van der Waals surface area contributed by atoms with Crippen molar-refractivity contribution >= 4 is 41.4 Å². The van der Waals surface area contributed by atoms with E-state index in [2.05, 4.69) is 16.0 Å². The molecule has 29 heavy (non-hydrogen) atoms. The van der Waals surface area contributed by atoms with Crippen LogP contribution in [0.3, 0.4) is 0 Å². The summed E-state index contributed by atoms with van der Waals surface area (Å²) in [6.45, 7) is 3.16. The maximum atomic E-state index is 12.6. The molecule has 0 fully saturated rings. The zero-order valence-electron chi connectivity index (χ0n) is 16.9. The van der Waals surface area contributed by atoms with E-state index in [-0.39, 0.29) is 31.7 Å². The van der Waals surface area contributed by atoms with E-state index in [9.17, 15) is 29.1 Å². The summed E-state index contributed by atoms with van der Waals surface area (Å²) in [6, 6.07) is -3.23. The Bertz CT molecular complexity index is 601. The topological polar surface area (TPSA) is 194 Å². The van der Waals surface area contributed by atoms with Gasteiger partial charge in [-0.05, 0) is 30.8 Å². The molecule has 0 aliphatic heterocycles. The van der Waals surface area contributed by atoms with Crippen LogP contribution in [0.15, 0.2) is 0 Å². The molecule has 166 valence electrons. The molecule has 0 aromatic heterocycles. The van der Waals surface area contributed by atoms with Gasteiger partial charge in [0, 0.05) is 6.42 Å². The first-order valence-electron chi connectivity index (χ1n) is 9.13. The molecule has 0 aliphatic rings. The van der Waals surface area contributed by atoms with Crippen molar-refractivity contribution in [2.45, 2.75) is 51.2 Å². The molecule has 0 spiro atoms. The van der Waals surface area contributed by atoms with Gasteiger partial charge < -0.3 is 32.5 Å². The molecule has 0 aliphatic carbocycles.